The molecule has 2 amide bonds. The molecule has 114 valence electrons. The van der Waals surface area contributed by atoms with Gasteiger partial charge in [0.2, 0.25) is 16.9 Å². The molecule has 6 nitrogen and oxygen atoms in total. The number of benzene rings is 1. The molecular weight excluding hydrogens is 300 g/mol. The quantitative estimate of drug-likeness (QED) is 0.943. The van der Waals surface area contributed by atoms with Crippen LogP contribution in [0.5, 0.6) is 0 Å². The van der Waals surface area contributed by atoms with Gasteiger partial charge in [0.25, 0.3) is 0 Å². The predicted octanol–water partition coefficient (Wildman–Crippen LogP) is 2.33. The largest absolute Gasteiger partial charge is 0.312 e. The third-order valence-electron chi connectivity index (χ3n) is 3.54. The number of anilines is 2. The van der Waals surface area contributed by atoms with Gasteiger partial charge in [-0.2, -0.15) is 0 Å². The first-order chi connectivity index (χ1) is 10.5. The lowest BCUT2D eigenvalue weighted by atomic mass is 10.1. The van der Waals surface area contributed by atoms with E-state index in [-0.39, 0.29) is 17.7 Å². The third-order valence-corrected chi connectivity index (χ3v) is 4.54. The van der Waals surface area contributed by atoms with Crippen LogP contribution in [-0.2, 0) is 9.59 Å². The minimum absolute atomic E-state index is 0.0220. The third kappa shape index (κ3) is 2.99. The van der Waals surface area contributed by atoms with E-state index in [1.165, 1.54) is 18.3 Å². The lowest BCUT2D eigenvalue weighted by Gasteiger charge is -2.16. The molecule has 1 unspecified atom stereocenters. The van der Waals surface area contributed by atoms with E-state index in [0.717, 1.165) is 16.3 Å². The molecule has 0 saturated carbocycles. The fourth-order valence-electron chi connectivity index (χ4n) is 2.45. The van der Waals surface area contributed by atoms with Crippen molar-refractivity contribution in [2.24, 2.45) is 0 Å². The Labute approximate surface area is 132 Å². The van der Waals surface area contributed by atoms with Crippen LogP contribution in [0, 0.1) is 6.92 Å². The minimum Gasteiger partial charge on any atom is -0.312 e. The van der Waals surface area contributed by atoms with Crippen LogP contribution in [0.2, 0.25) is 0 Å². The summed E-state index contributed by atoms with van der Waals surface area (Å²) in [5, 5.41) is 11.9. The molecule has 1 aliphatic heterocycles. The van der Waals surface area contributed by atoms with Gasteiger partial charge in [0.1, 0.15) is 5.01 Å². The molecule has 22 heavy (non-hydrogen) atoms. The molecule has 0 radical (unpaired) electrons. The van der Waals surface area contributed by atoms with E-state index in [2.05, 4.69) is 15.5 Å². The van der Waals surface area contributed by atoms with E-state index < -0.39 is 0 Å². The van der Waals surface area contributed by atoms with E-state index in [0.29, 0.717) is 18.1 Å². The topological polar surface area (TPSA) is 75.2 Å². The van der Waals surface area contributed by atoms with Crippen LogP contribution in [0.25, 0.3) is 0 Å². The van der Waals surface area contributed by atoms with Crippen LogP contribution >= 0.6 is 11.3 Å². The van der Waals surface area contributed by atoms with Crippen molar-refractivity contribution in [1.29, 1.82) is 0 Å². The summed E-state index contributed by atoms with van der Waals surface area (Å²) >= 11 is 1.33. The first-order valence-corrected chi connectivity index (χ1v) is 7.82. The summed E-state index contributed by atoms with van der Waals surface area (Å²) in [4.78, 5) is 25.0. The van der Waals surface area contributed by atoms with Crippen molar-refractivity contribution in [3.63, 3.8) is 0 Å². The van der Waals surface area contributed by atoms with Gasteiger partial charge >= 0.3 is 0 Å². The van der Waals surface area contributed by atoms with Crippen molar-refractivity contribution >= 4 is 34.0 Å². The van der Waals surface area contributed by atoms with Gasteiger partial charge in [-0.05, 0) is 19.1 Å². The van der Waals surface area contributed by atoms with Crippen LogP contribution in [0.1, 0.15) is 29.8 Å². The molecule has 0 aliphatic carbocycles. The highest BCUT2D eigenvalue weighted by atomic mass is 32.1. The Bertz CT molecular complexity index is 711. The highest BCUT2D eigenvalue weighted by Crippen LogP contribution is 2.34. The zero-order valence-corrected chi connectivity index (χ0v) is 13.2. The zero-order valence-electron chi connectivity index (χ0n) is 12.4. The minimum atomic E-state index is -0.175. The van der Waals surface area contributed by atoms with E-state index in [9.17, 15) is 9.59 Å². The molecule has 1 fully saturated rings. The van der Waals surface area contributed by atoms with Crippen molar-refractivity contribution in [3.05, 3.63) is 34.8 Å². The highest BCUT2D eigenvalue weighted by Gasteiger charge is 2.33. The molecule has 1 atom stereocenters. The van der Waals surface area contributed by atoms with Gasteiger partial charge in [0.15, 0.2) is 0 Å². The van der Waals surface area contributed by atoms with E-state index in [1.807, 2.05) is 31.2 Å². The van der Waals surface area contributed by atoms with Gasteiger partial charge in [0.05, 0.1) is 0 Å². The van der Waals surface area contributed by atoms with Gasteiger partial charge in [-0.1, -0.05) is 29.0 Å². The number of hydrogen-bond donors (Lipinski definition) is 1. The summed E-state index contributed by atoms with van der Waals surface area (Å²) in [6.07, 6.45) is 0.419. The molecule has 7 heteroatoms. The average Bonchev–Trinajstić information content (AvgIpc) is 3.06. The van der Waals surface area contributed by atoms with Crippen molar-refractivity contribution in [1.82, 2.24) is 10.2 Å². The summed E-state index contributed by atoms with van der Waals surface area (Å²) in [5.74, 6) is -0.0644. The Hall–Kier alpha value is -2.28. The molecule has 0 spiro atoms. The highest BCUT2D eigenvalue weighted by molar-refractivity contribution is 7.15. The van der Waals surface area contributed by atoms with Crippen LogP contribution in [0.3, 0.4) is 0 Å². The Morgan fingerprint density at radius 3 is 2.73 bits per heavy atom. The fourth-order valence-corrected chi connectivity index (χ4v) is 3.33. The summed E-state index contributed by atoms with van der Waals surface area (Å²) in [5.41, 5.74) is 2.07. The number of aryl methyl sites for hydroxylation is 1. The van der Waals surface area contributed by atoms with Gasteiger partial charge in [-0.3, -0.25) is 9.59 Å². The molecule has 1 aromatic carbocycles. The molecule has 1 saturated heterocycles. The van der Waals surface area contributed by atoms with Crippen molar-refractivity contribution < 1.29 is 9.59 Å². The Morgan fingerprint density at radius 1 is 1.32 bits per heavy atom. The number of carbonyl (C=O) groups is 2. The number of aromatic nitrogens is 2. The SMILES string of the molecule is CC(=O)Nc1nnc(C2CC(=O)N(c3ccc(C)cc3)C2)s1. The molecular formula is C15H16N4O2S. The number of nitrogens with zero attached hydrogens (tertiary/aromatic N) is 3. The summed E-state index contributed by atoms with van der Waals surface area (Å²) in [7, 11) is 0. The maximum absolute atomic E-state index is 12.2. The number of amides is 2. The van der Waals surface area contributed by atoms with Crippen LogP contribution in [-0.4, -0.2) is 28.6 Å². The summed E-state index contributed by atoms with van der Waals surface area (Å²) in [6, 6.07) is 7.91. The molecule has 1 aliphatic rings. The molecule has 1 aromatic heterocycles. The second-order valence-corrected chi connectivity index (χ2v) is 6.38. The van der Waals surface area contributed by atoms with Gasteiger partial charge < -0.3 is 10.2 Å². The molecule has 0 bridgehead atoms. The van der Waals surface area contributed by atoms with Crippen LogP contribution < -0.4 is 10.2 Å². The van der Waals surface area contributed by atoms with Gasteiger partial charge in [0, 0.05) is 31.5 Å². The summed E-state index contributed by atoms with van der Waals surface area (Å²) < 4.78 is 0. The monoisotopic (exact) mass is 316 g/mol. The van der Waals surface area contributed by atoms with E-state index in [1.54, 1.807) is 4.90 Å². The normalized spacial score (nSPS) is 17.8. The molecule has 1 N–H and O–H groups in total. The molecule has 3 rings (SSSR count). The fraction of sp³-hybridized carbons (Fsp3) is 0.333. The second kappa shape index (κ2) is 5.84. The second-order valence-electron chi connectivity index (χ2n) is 5.37. The van der Waals surface area contributed by atoms with E-state index >= 15 is 0 Å². The Morgan fingerprint density at radius 2 is 2.05 bits per heavy atom. The molecule has 2 aromatic rings. The lowest BCUT2D eigenvalue weighted by molar-refractivity contribution is -0.117. The molecule has 2 heterocycles. The smallest absolute Gasteiger partial charge is 0.227 e. The number of rotatable bonds is 3. The number of nitrogens with one attached hydrogen (secondary N) is 1. The maximum Gasteiger partial charge on any atom is 0.227 e. The van der Waals surface area contributed by atoms with Crippen molar-refractivity contribution in [2.45, 2.75) is 26.2 Å². The average molecular weight is 316 g/mol. The Balaban J connectivity index is 1.75. The van der Waals surface area contributed by atoms with E-state index in [4.69, 9.17) is 0 Å². The predicted molar refractivity (Wildman–Crippen MR) is 85.1 cm³/mol. The number of carbonyl (C=O) groups excluding carboxylic acids is 2. The van der Waals surface area contributed by atoms with Crippen LogP contribution in [0.4, 0.5) is 10.8 Å². The maximum atomic E-state index is 12.2. The van der Waals surface area contributed by atoms with Crippen molar-refractivity contribution in [3.8, 4) is 0 Å². The summed E-state index contributed by atoms with van der Waals surface area (Å²) in [6.45, 7) is 4.04. The van der Waals surface area contributed by atoms with Gasteiger partial charge in [-0.25, -0.2) is 0 Å². The number of hydrogen-bond acceptors (Lipinski definition) is 5. The zero-order chi connectivity index (χ0) is 15.7. The first kappa shape index (κ1) is 14.6. The lowest BCUT2D eigenvalue weighted by Crippen LogP contribution is -2.24. The van der Waals surface area contributed by atoms with Crippen LogP contribution in [0.15, 0.2) is 24.3 Å². The standard InChI is InChI=1S/C15H16N4O2S/c1-9-3-5-12(6-4-9)19-8-11(7-13(19)21)14-17-18-15(22-14)16-10(2)20/h3-6,11H,7-8H2,1-2H3,(H,16,18,20). The van der Waals surface area contributed by atoms with Crippen molar-refractivity contribution in [2.75, 3.05) is 16.8 Å². The Kier molecular flexibility index (Phi) is 3.89. The first-order valence-electron chi connectivity index (χ1n) is 7.01. The van der Waals surface area contributed by atoms with Gasteiger partial charge in [-0.15, -0.1) is 10.2 Å².